The van der Waals surface area contributed by atoms with E-state index in [2.05, 4.69) is 31.2 Å². The summed E-state index contributed by atoms with van der Waals surface area (Å²) in [5, 5.41) is 0. The molecule has 0 aliphatic carbocycles. The monoisotopic (exact) mass is 188 g/mol. The zero-order valence-electron chi connectivity index (χ0n) is 8.73. The van der Waals surface area contributed by atoms with Gasteiger partial charge >= 0.3 is 0 Å². The molecule has 0 fully saturated rings. The molecule has 1 aromatic rings. The van der Waals surface area contributed by atoms with Crippen LogP contribution in [-0.4, -0.2) is 5.78 Å². The molecule has 0 aliphatic heterocycles. The van der Waals surface area contributed by atoms with Gasteiger partial charge in [0.2, 0.25) is 0 Å². The van der Waals surface area contributed by atoms with Crippen molar-refractivity contribution >= 4 is 11.9 Å². The minimum Gasteiger partial charge on any atom is -0.300 e. The molecule has 1 unspecified atom stereocenters. The number of ketones is 1. The third-order valence-corrected chi connectivity index (χ3v) is 2.03. The number of carbonyl (C=O) groups excluding carboxylic acids is 1. The van der Waals surface area contributed by atoms with E-state index in [4.69, 9.17) is 0 Å². The Balaban J connectivity index is 2.52. The number of carbonyl (C=O) groups is 1. The van der Waals surface area contributed by atoms with Gasteiger partial charge in [0.05, 0.1) is 0 Å². The zero-order chi connectivity index (χ0) is 10.4. The van der Waals surface area contributed by atoms with Crippen LogP contribution < -0.4 is 0 Å². The van der Waals surface area contributed by atoms with Crippen LogP contribution in [0.25, 0.3) is 6.08 Å². The fourth-order valence-corrected chi connectivity index (χ4v) is 1.36. The Kier molecular flexibility index (Phi) is 4.11. The van der Waals surface area contributed by atoms with Gasteiger partial charge in [-0.05, 0) is 18.4 Å². The van der Waals surface area contributed by atoms with Gasteiger partial charge in [0.15, 0.2) is 0 Å². The average molecular weight is 188 g/mol. The van der Waals surface area contributed by atoms with Gasteiger partial charge in [0, 0.05) is 6.42 Å². The normalized spacial score (nSPS) is 13.0. The second kappa shape index (κ2) is 5.38. The minimum absolute atomic E-state index is 0.246. The summed E-state index contributed by atoms with van der Waals surface area (Å²) in [5.74, 6) is 0.572. The van der Waals surface area contributed by atoms with Crippen molar-refractivity contribution < 1.29 is 4.79 Å². The van der Waals surface area contributed by atoms with E-state index in [-0.39, 0.29) is 5.78 Å². The fraction of sp³-hybridized carbons (Fsp3) is 0.308. The van der Waals surface area contributed by atoms with Crippen molar-refractivity contribution in [2.24, 2.45) is 5.92 Å². The van der Waals surface area contributed by atoms with E-state index >= 15 is 0 Å². The highest BCUT2D eigenvalue weighted by atomic mass is 16.1. The van der Waals surface area contributed by atoms with E-state index in [1.54, 1.807) is 6.92 Å². The highest BCUT2D eigenvalue weighted by molar-refractivity contribution is 5.76. The Morgan fingerprint density at radius 2 is 2.00 bits per heavy atom. The molecule has 0 saturated carbocycles. The number of hydrogen-bond donors (Lipinski definition) is 0. The summed E-state index contributed by atoms with van der Waals surface area (Å²) in [6.45, 7) is 3.69. The summed E-state index contributed by atoms with van der Waals surface area (Å²) < 4.78 is 0. The lowest BCUT2D eigenvalue weighted by atomic mass is 10.0. The predicted octanol–water partition coefficient (Wildman–Crippen LogP) is 3.32. The van der Waals surface area contributed by atoms with Crippen LogP contribution in [0.15, 0.2) is 36.4 Å². The van der Waals surface area contributed by atoms with E-state index in [1.165, 1.54) is 5.56 Å². The number of hydrogen-bond acceptors (Lipinski definition) is 1. The Bertz CT molecular complexity index is 311. The van der Waals surface area contributed by atoms with Crippen LogP contribution in [0.1, 0.15) is 25.8 Å². The molecule has 0 amide bonds. The van der Waals surface area contributed by atoms with Gasteiger partial charge in [-0.3, -0.25) is 0 Å². The van der Waals surface area contributed by atoms with Gasteiger partial charge in [-0.2, -0.15) is 0 Å². The lowest BCUT2D eigenvalue weighted by Crippen LogP contribution is -1.97. The maximum Gasteiger partial charge on any atom is 0.130 e. The topological polar surface area (TPSA) is 17.1 Å². The van der Waals surface area contributed by atoms with E-state index in [1.807, 2.05) is 18.2 Å². The van der Waals surface area contributed by atoms with E-state index in [9.17, 15) is 4.79 Å². The standard InChI is InChI=1S/C13H16O/c1-11(10-12(2)14)8-9-13-6-4-3-5-7-13/h3-9,11H,10H2,1-2H3/b9-8+. The molecule has 1 rings (SSSR count). The van der Waals surface area contributed by atoms with Crippen LogP contribution in [0.2, 0.25) is 0 Å². The van der Waals surface area contributed by atoms with Gasteiger partial charge in [0.1, 0.15) is 5.78 Å². The summed E-state index contributed by atoms with van der Waals surface area (Å²) in [6.07, 6.45) is 4.77. The Morgan fingerprint density at radius 3 is 2.57 bits per heavy atom. The molecule has 1 aromatic carbocycles. The molecular weight excluding hydrogens is 172 g/mol. The van der Waals surface area contributed by atoms with Crippen molar-refractivity contribution in [1.29, 1.82) is 0 Å². The third-order valence-electron chi connectivity index (χ3n) is 2.03. The first kappa shape index (κ1) is 10.7. The molecule has 1 atom stereocenters. The quantitative estimate of drug-likeness (QED) is 0.708. The molecule has 0 saturated heterocycles. The molecule has 0 aromatic heterocycles. The Morgan fingerprint density at radius 1 is 1.36 bits per heavy atom. The Labute approximate surface area is 85.5 Å². The smallest absolute Gasteiger partial charge is 0.130 e. The SMILES string of the molecule is CC(=O)CC(C)/C=C/c1ccccc1. The third kappa shape index (κ3) is 4.04. The first-order valence-electron chi connectivity index (χ1n) is 4.91. The van der Waals surface area contributed by atoms with Crippen molar-refractivity contribution in [2.75, 3.05) is 0 Å². The van der Waals surface area contributed by atoms with Crippen LogP contribution in [0.4, 0.5) is 0 Å². The highest BCUT2D eigenvalue weighted by Crippen LogP contribution is 2.08. The summed E-state index contributed by atoms with van der Waals surface area (Å²) in [5.41, 5.74) is 1.18. The maximum absolute atomic E-state index is 10.8. The van der Waals surface area contributed by atoms with E-state index in [0.29, 0.717) is 12.3 Å². The summed E-state index contributed by atoms with van der Waals surface area (Å²) in [4.78, 5) is 10.8. The van der Waals surface area contributed by atoms with Crippen molar-refractivity contribution in [3.63, 3.8) is 0 Å². The number of allylic oxidation sites excluding steroid dienone is 1. The Hall–Kier alpha value is -1.37. The van der Waals surface area contributed by atoms with Gasteiger partial charge in [-0.1, -0.05) is 49.4 Å². The van der Waals surface area contributed by atoms with Crippen LogP contribution in [0.3, 0.4) is 0 Å². The van der Waals surface area contributed by atoms with Crippen molar-refractivity contribution in [2.45, 2.75) is 20.3 Å². The van der Waals surface area contributed by atoms with Gasteiger partial charge < -0.3 is 4.79 Å². The van der Waals surface area contributed by atoms with E-state index in [0.717, 1.165) is 0 Å². The van der Waals surface area contributed by atoms with Gasteiger partial charge in [-0.25, -0.2) is 0 Å². The largest absolute Gasteiger partial charge is 0.300 e. The zero-order valence-corrected chi connectivity index (χ0v) is 8.73. The van der Waals surface area contributed by atoms with Crippen molar-refractivity contribution in [3.8, 4) is 0 Å². The molecular formula is C13H16O. The average Bonchev–Trinajstić information content (AvgIpc) is 2.15. The molecule has 0 bridgehead atoms. The highest BCUT2D eigenvalue weighted by Gasteiger charge is 1.99. The fourth-order valence-electron chi connectivity index (χ4n) is 1.36. The molecule has 1 nitrogen and oxygen atoms in total. The molecule has 74 valence electrons. The summed E-state index contributed by atoms with van der Waals surface area (Å²) in [6, 6.07) is 10.1. The van der Waals surface area contributed by atoms with E-state index < -0.39 is 0 Å². The van der Waals surface area contributed by atoms with Gasteiger partial charge in [0.25, 0.3) is 0 Å². The first-order chi connectivity index (χ1) is 6.68. The lowest BCUT2D eigenvalue weighted by Gasteiger charge is -2.01. The molecule has 0 spiro atoms. The maximum atomic E-state index is 10.8. The van der Waals surface area contributed by atoms with Crippen molar-refractivity contribution in [3.05, 3.63) is 42.0 Å². The van der Waals surface area contributed by atoms with Crippen LogP contribution in [-0.2, 0) is 4.79 Å². The first-order valence-corrected chi connectivity index (χ1v) is 4.91. The second-order valence-corrected chi connectivity index (χ2v) is 3.65. The number of rotatable bonds is 4. The minimum atomic E-state index is 0.246. The lowest BCUT2D eigenvalue weighted by molar-refractivity contribution is -0.117. The molecule has 14 heavy (non-hydrogen) atoms. The molecule has 0 aliphatic rings. The van der Waals surface area contributed by atoms with Gasteiger partial charge in [-0.15, -0.1) is 0 Å². The second-order valence-electron chi connectivity index (χ2n) is 3.65. The molecule has 0 radical (unpaired) electrons. The molecule has 0 N–H and O–H groups in total. The molecule has 1 heteroatoms. The molecule has 0 heterocycles. The van der Waals surface area contributed by atoms with Crippen LogP contribution in [0.5, 0.6) is 0 Å². The summed E-state index contributed by atoms with van der Waals surface area (Å²) in [7, 11) is 0. The van der Waals surface area contributed by atoms with Crippen LogP contribution in [0, 0.1) is 5.92 Å². The number of Topliss-reactive ketones (excluding diaryl/α,β-unsaturated/α-hetero) is 1. The van der Waals surface area contributed by atoms with Crippen molar-refractivity contribution in [1.82, 2.24) is 0 Å². The van der Waals surface area contributed by atoms with Crippen LogP contribution >= 0.6 is 0 Å². The number of benzene rings is 1. The summed E-state index contributed by atoms with van der Waals surface area (Å²) >= 11 is 0. The predicted molar refractivity (Wildman–Crippen MR) is 59.9 cm³/mol.